The van der Waals surface area contributed by atoms with Gasteiger partial charge in [-0.1, -0.05) is 24.3 Å². The van der Waals surface area contributed by atoms with Crippen LogP contribution in [0.4, 0.5) is 11.4 Å². The van der Waals surface area contributed by atoms with Crippen molar-refractivity contribution in [1.29, 1.82) is 0 Å². The van der Waals surface area contributed by atoms with Crippen molar-refractivity contribution in [3.63, 3.8) is 0 Å². The normalized spacial score (nSPS) is 21.6. The molecule has 0 saturated heterocycles. The summed E-state index contributed by atoms with van der Waals surface area (Å²) in [6.45, 7) is 4.64. The van der Waals surface area contributed by atoms with Gasteiger partial charge in [0.1, 0.15) is 0 Å². The van der Waals surface area contributed by atoms with E-state index in [1.165, 1.54) is 0 Å². The van der Waals surface area contributed by atoms with E-state index in [9.17, 15) is 9.90 Å². The third-order valence-corrected chi connectivity index (χ3v) is 8.21. The molecule has 6 rings (SSSR count). The van der Waals surface area contributed by atoms with Crippen LogP contribution in [0.3, 0.4) is 0 Å². The fourth-order valence-corrected chi connectivity index (χ4v) is 6.03. The molecule has 10 nitrogen and oxygen atoms in total. The molecule has 0 saturated carbocycles. The summed E-state index contributed by atoms with van der Waals surface area (Å²) in [5.41, 5.74) is 4.55. The molecule has 3 atom stereocenters. The third-order valence-electron chi connectivity index (χ3n) is 8.21. The van der Waals surface area contributed by atoms with E-state index in [1.54, 1.807) is 43.4 Å². The fraction of sp³-hybridized carbons (Fsp3) is 0.343. The molecule has 4 aliphatic heterocycles. The van der Waals surface area contributed by atoms with Crippen molar-refractivity contribution in [2.24, 2.45) is 9.98 Å². The molecular formula is C35H38N4O6. The van der Waals surface area contributed by atoms with Crippen LogP contribution in [0.2, 0.25) is 0 Å². The number of fused-ring (bicyclic) bond motifs is 4. The first-order chi connectivity index (χ1) is 21.9. The standard InChI is InChI=1S/C35H38N4O6/c1-5-8-22-12-24-18-36-28-16-32(30(42-3)14-26(28)34(40)38(24)20-22)44-10-7-11-45-33-17-29-27(15-31(33)43-4)35(41)39-21-23(9-6-2)13-25(39)19-37-29/h5-6,8-9,14-21,24-25,34,40H,7,10-13H2,1-4H3/b8-5+,9-6+/t24-,25-,34?/m0/s1. The number of aliphatic hydroxyl groups excluding tert-OH is 1. The molecule has 45 heavy (non-hydrogen) atoms. The molecule has 2 aromatic rings. The van der Waals surface area contributed by atoms with Gasteiger partial charge >= 0.3 is 0 Å². The van der Waals surface area contributed by atoms with Crippen molar-refractivity contribution in [2.75, 3.05) is 27.4 Å². The van der Waals surface area contributed by atoms with Gasteiger partial charge in [0.05, 0.1) is 56.5 Å². The lowest BCUT2D eigenvalue weighted by Gasteiger charge is -2.27. The summed E-state index contributed by atoms with van der Waals surface area (Å²) in [5, 5.41) is 11.2. The minimum Gasteiger partial charge on any atom is -0.493 e. The van der Waals surface area contributed by atoms with E-state index in [-0.39, 0.29) is 18.0 Å². The molecule has 1 unspecified atom stereocenters. The van der Waals surface area contributed by atoms with E-state index in [0.717, 1.165) is 24.0 Å². The number of methoxy groups -OCH3 is 2. The van der Waals surface area contributed by atoms with Gasteiger partial charge < -0.3 is 33.9 Å². The molecule has 0 bridgehead atoms. The Balaban J connectivity index is 1.10. The Kier molecular flexibility index (Phi) is 8.75. The molecule has 4 aliphatic rings. The topological polar surface area (TPSA) is 105 Å². The SMILES string of the molecule is C/C=C/C1=CN2C(=O)c3cc(OC)c(OCCCOc4cc5c(cc4OC)C(O)N4C=C(/C=C/C)C[C@H]4C=N5)cc3N=C[C@@H]2C1. The van der Waals surface area contributed by atoms with Gasteiger partial charge in [0.25, 0.3) is 5.91 Å². The summed E-state index contributed by atoms with van der Waals surface area (Å²) in [7, 11) is 3.13. The second-order valence-electron chi connectivity index (χ2n) is 11.2. The van der Waals surface area contributed by atoms with Crippen LogP contribution in [-0.2, 0) is 0 Å². The molecule has 0 fully saturated rings. The van der Waals surface area contributed by atoms with Crippen molar-refractivity contribution in [1.82, 2.24) is 9.80 Å². The second-order valence-corrected chi connectivity index (χ2v) is 11.2. The Morgan fingerprint density at radius 3 is 2.11 bits per heavy atom. The summed E-state index contributed by atoms with van der Waals surface area (Å²) in [6.07, 6.45) is 16.8. The van der Waals surface area contributed by atoms with Crippen LogP contribution in [0.1, 0.15) is 55.3 Å². The average Bonchev–Trinajstić information content (AvgIpc) is 3.59. The summed E-state index contributed by atoms with van der Waals surface area (Å²) in [4.78, 5) is 26.3. The number of amides is 1. The highest BCUT2D eigenvalue weighted by Gasteiger charge is 2.34. The van der Waals surface area contributed by atoms with Gasteiger partial charge in [-0.15, -0.1) is 0 Å². The van der Waals surface area contributed by atoms with Crippen molar-refractivity contribution < 1.29 is 28.8 Å². The van der Waals surface area contributed by atoms with Gasteiger partial charge in [-0.05, 0) is 50.0 Å². The van der Waals surface area contributed by atoms with Gasteiger partial charge in [-0.25, -0.2) is 0 Å². The Hall–Kier alpha value is -4.83. The molecule has 0 radical (unpaired) electrons. The minimum absolute atomic E-state index is 0.0232. The Bertz CT molecular complexity index is 1660. The Morgan fingerprint density at radius 1 is 0.822 bits per heavy atom. The summed E-state index contributed by atoms with van der Waals surface area (Å²) >= 11 is 0. The Labute approximate surface area is 263 Å². The van der Waals surface area contributed by atoms with Crippen LogP contribution in [0.15, 0.2) is 82.1 Å². The zero-order valence-corrected chi connectivity index (χ0v) is 26.0. The van der Waals surface area contributed by atoms with Gasteiger partial charge in [0.15, 0.2) is 29.2 Å². The van der Waals surface area contributed by atoms with Crippen LogP contribution < -0.4 is 18.9 Å². The van der Waals surface area contributed by atoms with Gasteiger partial charge in [-0.3, -0.25) is 14.8 Å². The van der Waals surface area contributed by atoms with Crippen molar-refractivity contribution >= 4 is 29.7 Å². The van der Waals surface area contributed by atoms with Crippen LogP contribution in [-0.4, -0.2) is 72.8 Å². The highest BCUT2D eigenvalue weighted by Crippen LogP contribution is 2.43. The second kappa shape index (κ2) is 13.0. The predicted molar refractivity (Wildman–Crippen MR) is 173 cm³/mol. The number of carbonyl (C=O) groups is 1. The number of hydrogen-bond donors (Lipinski definition) is 1. The maximum atomic E-state index is 13.4. The number of allylic oxidation sites excluding steroid dienone is 4. The third kappa shape index (κ3) is 5.98. The maximum Gasteiger partial charge on any atom is 0.260 e. The first kappa shape index (κ1) is 30.2. The largest absolute Gasteiger partial charge is 0.493 e. The summed E-state index contributed by atoms with van der Waals surface area (Å²) in [6, 6.07) is 6.90. The number of carbonyl (C=O) groups excluding carboxylic acids is 1. The van der Waals surface area contributed by atoms with Crippen LogP contribution in [0.25, 0.3) is 0 Å². The van der Waals surface area contributed by atoms with E-state index >= 15 is 0 Å². The number of nitrogens with zero attached hydrogens (tertiary/aromatic N) is 4. The zero-order valence-electron chi connectivity index (χ0n) is 26.0. The van der Waals surface area contributed by atoms with E-state index in [4.69, 9.17) is 18.9 Å². The average molecular weight is 611 g/mol. The first-order valence-electron chi connectivity index (χ1n) is 15.2. The van der Waals surface area contributed by atoms with Gasteiger partial charge in [0.2, 0.25) is 0 Å². The van der Waals surface area contributed by atoms with Crippen molar-refractivity contribution in [2.45, 2.75) is 51.4 Å². The Morgan fingerprint density at radius 2 is 1.42 bits per heavy atom. The zero-order chi connectivity index (χ0) is 31.5. The van der Waals surface area contributed by atoms with E-state index < -0.39 is 6.23 Å². The van der Waals surface area contributed by atoms with Crippen molar-refractivity contribution in [3.8, 4) is 23.0 Å². The first-order valence-corrected chi connectivity index (χ1v) is 15.2. The number of ether oxygens (including phenoxy) is 4. The lowest BCUT2D eigenvalue weighted by molar-refractivity contribution is 0.0336. The highest BCUT2D eigenvalue weighted by atomic mass is 16.5. The molecule has 1 N–H and O–H groups in total. The monoisotopic (exact) mass is 610 g/mol. The van der Waals surface area contributed by atoms with Crippen LogP contribution in [0.5, 0.6) is 23.0 Å². The van der Waals surface area contributed by atoms with E-state index in [0.29, 0.717) is 65.1 Å². The fourth-order valence-electron chi connectivity index (χ4n) is 6.03. The minimum atomic E-state index is -0.855. The number of rotatable bonds is 10. The molecule has 1 amide bonds. The quantitative estimate of drug-likeness (QED) is 0.320. The molecular weight excluding hydrogens is 572 g/mol. The molecule has 0 spiro atoms. The van der Waals surface area contributed by atoms with Crippen LogP contribution in [0, 0.1) is 0 Å². The van der Waals surface area contributed by atoms with Gasteiger partial charge in [-0.2, -0.15) is 0 Å². The number of aliphatic imine (C=N–C) groups is 2. The molecule has 0 aromatic heterocycles. The predicted octanol–water partition coefficient (Wildman–Crippen LogP) is 6.18. The number of hydrogen-bond acceptors (Lipinski definition) is 9. The summed E-state index contributed by atoms with van der Waals surface area (Å²) < 4.78 is 23.3. The molecule has 4 heterocycles. The highest BCUT2D eigenvalue weighted by molar-refractivity contribution is 6.04. The van der Waals surface area contributed by atoms with Crippen molar-refractivity contribution in [3.05, 3.63) is 83.2 Å². The molecule has 234 valence electrons. The maximum absolute atomic E-state index is 13.4. The molecule has 0 aliphatic carbocycles. The molecule has 10 heteroatoms. The lowest BCUT2D eigenvalue weighted by Crippen LogP contribution is -2.32. The smallest absolute Gasteiger partial charge is 0.260 e. The van der Waals surface area contributed by atoms with E-state index in [1.807, 2.05) is 61.8 Å². The lowest BCUT2D eigenvalue weighted by atomic mass is 10.1. The van der Waals surface area contributed by atoms with Gasteiger partial charge in [0, 0.05) is 48.9 Å². The van der Waals surface area contributed by atoms with E-state index in [2.05, 4.69) is 16.1 Å². The number of aliphatic hydroxyl groups is 1. The number of benzene rings is 2. The molecule has 2 aromatic carbocycles. The summed E-state index contributed by atoms with van der Waals surface area (Å²) in [5.74, 6) is 1.90. The van der Waals surface area contributed by atoms with Crippen LogP contribution >= 0.6 is 0 Å².